The van der Waals surface area contributed by atoms with Crippen molar-refractivity contribution in [2.24, 2.45) is 0 Å². The van der Waals surface area contributed by atoms with Crippen LogP contribution in [0.1, 0.15) is 19.3 Å². The van der Waals surface area contributed by atoms with Crippen LogP contribution in [0.15, 0.2) is 0 Å². The maximum atomic E-state index is 11.0. The van der Waals surface area contributed by atoms with E-state index in [0.29, 0.717) is 12.8 Å². The van der Waals surface area contributed by atoms with Crippen LogP contribution in [0.2, 0.25) is 0 Å². The van der Waals surface area contributed by atoms with Crippen molar-refractivity contribution >= 4 is 11.7 Å². The lowest BCUT2D eigenvalue weighted by Crippen LogP contribution is -2.35. The summed E-state index contributed by atoms with van der Waals surface area (Å²) in [4.78, 5) is 21.6. The number of nitrogens with one attached hydrogen (secondary N) is 1. The molecule has 0 rings (SSSR count). The minimum Gasteiger partial charge on any atom is -0.389 e. The summed E-state index contributed by atoms with van der Waals surface area (Å²) < 4.78 is 0. The smallest absolute Gasteiger partial charge is 0.234 e. The van der Waals surface area contributed by atoms with Crippen LogP contribution in [0.5, 0.6) is 0 Å². The molecule has 0 saturated carbocycles. The topological polar surface area (TPSA) is 69.6 Å². The van der Waals surface area contributed by atoms with Gasteiger partial charge in [0.25, 0.3) is 0 Å². The first-order valence-corrected chi connectivity index (χ1v) is 4.15. The summed E-state index contributed by atoms with van der Waals surface area (Å²) in [6.45, 7) is -0.435. The Balaban J connectivity index is 3.42. The fourth-order valence-corrected chi connectivity index (χ4v) is 0.830. The molecule has 0 aromatic rings. The molecule has 0 spiro atoms. The average molecular weight is 188 g/mol. The van der Waals surface area contributed by atoms with Gasteiger partial charge in [0, 0.05) is 26.9 Å². The van der Waals surface area contributed by atoms with E-state index < -0.39 is 6.61 Å². The Hall–Kier alpha value is -0.940. The summed E-state index contributed by atoms with van der Waals surface area (Å²) in [6.07, 6.45) is 1.06. The quantitative estimate of drug-likeness (QED) is 0.541. The molecule has 0 saturated heterocycles. The number of amides is 1. The molecular weight excluding hydrogens is 172 g/mol. The fraction of sp³-hybridized carbons (Fsp3) is 0.750. The van der Waals surface area contributed by atoms with Crippen LogP contribution in [0.3, 0.4) is 0 Å². The number of carbonyl (C=O) groups excluding carboxylic acids is 2. The van der Waals surface area contributed by atoms with Crippen molar-refractivity contribution in [3.8, 4) is 0 Å². The fourth-order valence-electron chi connectivity index (χ4n) is 0.830. The molecule has 0 aromatic heterocycles. The molecule has 0 aromatic carbocycles. The van der Waals surface area contributed by atoms with E-state index in [1.165, 1.54) is 0 Å². The highest BCUT2D eigenvalue weighted by Gasteiger charge is 2.04. The number of aliphatic hydroxyl groups excluding tert-OH is 1. The third-order valence-corrected chi connectivity index (χ3v) is 1.38. The van der Waals surface area contributed by atoms with Gasteiger partial charge < -0.3 is 5.11 Å². The number of hydrogen-bond donors (Lipinski definition) is 2. The minimum atomic E-state index is -0.435. The van der Waals surface area contributed by atoms with Gasteiger partial charge in [0.05, 0.1) is 0 Å². The number of carbonyl (C=O) groups is 2. The number of aliphatic hydroxyl groups is 1. The van der Waals surface area contributed by atoms with Crippen molar-refractivity contribution in [1.29, 1.82) is 0 Å². The van der Waals surface area contributed by atoms with Crippen molar-refractivity contribution in [2.45, 2.75) is 19.3 Å². The summed E-state index contributed by atoms with van der Waals surface area (Å²) >= 11 is 0. The first-order chi connectivity index (χ1) is 6.06. The molecule has 1 amide bonds. The van der Waals surface area contributed by atoms with E-state index in [2.05, 4.69) is 5.43 Å². The Morgan fingerprint density at radius 3 is 2.38 bits per heavy atom. The lowest BCUT2D eigenvalue weighted by atomic mass is 10.2. The molecule has 2 N–H and O–H groups in total. The second kappa shape index (κ2) is 6.56. The molecule has 0 bridgehead atoms. The lowest BCUT2D eigenvalue weighted by Gasteiger charge is -2.10. The van der Waals surface area contributed by atoms with Crippen LogP contribution in [-0.2, 0) is 9.59 Å². The summed E-state index contributed by atoms with van der Waals surface area (Å²) in [6, 6.07) is 0. The van der Waals surface area contributed by atoms with E-state index in [1.807, 2.05) is 0 Å². The molecule has 0 aliphatic heterocycles. The lowest BCUT2D eigenvalue weighted by molar-refractivity contribution is -0.125. The highest BCUT2D eigenvalue weighted by atomic mass is 16.3. The van der Waals surface area contributed by atoms with Crippen molar-refractivity contribution < 1.29 is 14.7 Å². The molecule has 0 aliphatic rings. The van der Waals surface area contributed by atoms with Crippen LogP contribution in [0, 0.1) is 0 Å². The second-order valence-corrected chi connectivity index (χ2v) is 2.98. The van der Waals surface area contributed by atoms with Crippen molar-refractivity contribution in [2.75, 3.05) is 20.7 Å². The van der Waals surface area contributed by atoms with Gasteiger partial charge in [0.1, 0.15) is 6.61 Å². The number of hydrazine groups is 1. The van der Waals surface area contributed by atoms with Crippen molar-refractivity contribution in [3.05, 3.63) is 0 Å². The molecule has 0 aliphatic carbocycles. The first-order valence-electron chi connectivity index (χ1n) is 4.15. The maximum Gasteiger partial charge on any atom is 0.234 e. The predicted molar refractivity (Wildman–Crippen MR) is 47.8 cm³/mol. The zero-order valence-corrected chi connectivity index (χ0v) is 8.04. The summed E-state index contributed by atoms with van der Waals surface area (Å²) in [5, 5.41) is 9.94. The van der Waals surface area contributed by atoms with Gasteiger partial charge in [0.15, 0.2) is 5.78 Å². The molecule has 5 nitrogen and oxygen atoms in total. The molecular formula is C8H16N2O3. The molecule has 0 radical (unpaired) electrons. The summed E-state index contributed by atoms with van der Waals surface area (Å²) in [5.74, 6) is -0.339. The van der Waals surface area contributed by atoms with Gasteiger partial charge >= 0.3 is 0 Å². The van der Waals surface area contributed by atoms with Gasteiger partial charge in [-0.05, 0) is 6.42 Å². The number of rotatable bonds is 6. The molecule has 0 unspecified atom stereocenters. The van der Waals surface area contributed by atoms with Gasteiger partial charge in [0.2, 0.25) is 5.91 Å². The number of nitrogens with zero attached hydrogens (tertiary/aromatic N) is 1. The zero-order valence-electron chi connectivity index (χ0n) is 8.04. The number of ketones is 1. The largest absolute Gasteiger partial charge is 0.389 e. The molecule has 0 fully saturated rings. The Labute approximate surface area is 77.7 Å². The van der Waals surface area contributed by atoms with Gasteiger partial charge in [-0.1, -0.05) is 0 Å². The SMILES string of the molecule is CN(C)NC(=O)CCCC(=O)CO. The maximum absolute atomic E-state index is 11.0. The second-order valence-electron chi connectivity index (χ2n) is 2.98. The highest BCUT2D eigenvalue weighted by molar-refractivity contribution is 5.80. The van der Waals surface area contributed by atoms with Crippen LogP contribution in [0.25, 0.3) is 0 Å². The average Bonchev–Trinajstić information content (AvgIpc) is 2.02. The van der Waals surface area contributed by atoms with E-state index in [9.17, 15) is 9.59 Å². The molecule has 76 valence electrons. The monoisotopic (exact) mass is 188 g/mol. The van der Waals surface area contributed by atoms with Crippen LogP contribution < -0.4 is 5.43 Å². The van der Waals surface area contributed by atoms with Gasteiger partial charge in [-0.15, -0.1) is 0 Å². The van der Waals surface area contributed by atoms with E-state index in [1.54, 1.807) is 19.1 Å². The van der Waals surface area contributed by atoms with Crippen LogP contribution in [-0.4, -0.2) is 42.5 Å². The Bertz CT molecular complexity index is 180. The van der Waals surface area contributed by atoms with Crippen molar-refractivity contribution in [1.82, 2.24) is 10.4 Å². The third kappa shape index (κ3) is 7.42. The molecule has 0 heterocycles. The van der Waals surface area contributed by atoms with E-state index in [0.717, 1.165) is 0 Å². The van der Waals surface area contributed by atoms with E-state index in [-0.39, 0.29) is 18.1 Å². The molecule has 0 atom stereocenters. The third-order valence-electron chi connectivity index (χ3n) is 1.38. The molecule has 5 heteroatoms. The van der Waals surface area contributed by atoms with Gasteiger partial charge in [-0.3, -0.25) is 15.0 Å². The standard InChI is InChI=1S/C8H16N2O3/c1-10(2)9-8(13)5-3-4-7(12)6-11/h11H,3-6H2,1-2H3,(H,9,13). The Kier molecular flexibility index (Phi) is 6.09. The van der Waals surface area contributed by atoms with Crippen LogP contribution >= 0.6 is 0 Å². The first kappa shape index (κ1) is 12.1. The normalized spacial score (nSPS) is 10.2. The zero-order chi connectivity index (χ0) is 10.3. The minimum absolute atomic E-state index is 0.115. The van der Waals surface area contributed by atoms with Crippen molar-refractivity contribution in [3.63, 3.8) is 0 Å². The van der Waals surface area contributed by atoms with E-state index >= 15 is 0 Å². The summed E-state index contributed by atoms with van der Waals surface area (Å²) in [5.41, 5.74) is 2.56. The highest BCUT2D eigenvalue weighted by Crippen LogP contribution is 1.96. The Morgan fingerprint density at radius 2 is 1.92 bits per heavy atom. The predicted octanol–water partition coefficient (Wildman–Crippen LogP) is -0.689. The van der Waals surface area contributed by atoms with E-state index in [4.69, 9.17) is 5.11 Å². The number of hydrogen-bond acceptors (Lipinski definition) is 4. The summed E-state index contributed by atoms with van der Waals surface area (Å²) in [7, 11) is 3.44. The molecule has 13 heavy (non-hydrogen) atoms. The van der Waals surface area contributed by atoms with Gasteiger partial charge in [-0.25, -0.2) is 5.01 Å². The number of Topliss-reactive ketones (excluding diaryl/α,β-unsaturated/α-hetero) is 1. The van der Waals surface area contributed by atoms with Crippen LogP contribution in [0.4, 0.5) is 0 Å². The Morgan fingerprint density at radius 1 is 1.31 bits per heavy atom. The van der Waals surface area contributed by atoms with Gasteiger partial charge in [-0.2, -0.15) is 0 Å².